The zero-order valence-corrected chi connectivity index (χ0v) is 7.24. The lowest BCUT2D eigenvalue weighted by Crippen LogP contribution is -2.14. The molecule has 0 saturated carbocycles. The summed E-state index contributed by atoms with van der Waals surface area (Å²) in [6, 6.07) is 3.59. The number of aromatic nitrogens is 1. The largest absolute Gasteiger partial charge is 0.306 e. The first-order valence-corrected chi connectivity index (χ1v) is 3.78. The van der Waals surface area contributed by atoms with Gasteiger partial charge in [0.1, 0.15) is 5.82 Å². The predicted molar refractivity (Wildman–Crippen MR) is 49.1 cm³/mol. The highest BCUT2D eigenvalue weighted by Gasteiger charge is 2.04. The fourth-order valence-electron chi connectivity index (χ4n) is 0.859. The Kier molecular flexibility index (Phi) is 2.98. The molecule has 0 aliphatic carbocycles. The number of amides is 1. The highest BCUT2D eigenvalue weighted by Crippen LogP contribution is 2.04. The second kappa shape index (κ2) is 4.21. The summed E-state index contributed by atoms with van der Waals surface area (Å²) in [6.45, 7) is 8.24. The van der Waals surface area contributed by atoms with E-state index >= 15 is 0 Å². The topological polar surface area (TPSA) is 46.4 Å². The lowest BCUT2D eigenvalue weighted by atomic mass is 10.3. The molecule has 1 heterocycles. The number of carbonyl (C=O) groups excluding carboxylic acids is 1. The third-order valence-electron chi connectivity index (χ3n) is 1.41. The van der Waals surface area contributed by atoms with Crippen LogP contribution in [0.4, 0.5) is 5.82 Å². The number of rotatable bonds is 2. The fourth-order valence-corrected chi connectivity index (χ4v) is 0.859. The van der Waals surface area contributed by atoms with Crippen molar-refractivity contribution in [1.29, 1.82) is 0 Å². The summed E-state index contributed by atoms with van der Waals surface area (Å²) in [7, 11) is 0. The van der Waals surface area contributed by atoms with E-state index in [1.807, 2.05) is 13.0 Å². The van der Waals surface area contributed by atoms with Gasteiger partial charge >= 0.3 is 5.91 Å². The first kappa shape index (κ1) is 9.20. The van der Waals surface area contributed by atoms with E-state index in [2.05, 4.69) is 15.1 Å². The summed E-state index contributed by atoms with van der Waals surface area (Å²) in [5.41, 5.74) is 1.02. The van der Waals surface area contributed by atoms with Crippen LogP contribution in [0.1, 0.15) is 5.56 Å². The summed E-state index contributed by atoms with van der Waals surface area (Å²) in [4.78, 5) is 17.9. The molecule has 13 heavy (non-hydrogen) atoms. The molecule has 1 rings (SSSR count). The van der Waals surface area contributed by atoms with Crippen LogP contribution in [0, 0.1) is 13.5 Å². The Morgan fingerprint density at radius 3 is 3.15 bits per heavy atom. The monoisotopic (exact) mass is 175 g/mol. The number of hydrogen-bond acceptors (Lipinski definition) is 2. The minimum absolute atomic E-state index is 0.157. The summed E-state index contributed by atoms with van der Waals surface area (Å²) < 4.78 is 0. The molecule has 0 aliphatic heterocycles. The van der Waals surface area contributed by atoms with Crippen LogP contribution >= 0.6 is 0 Å². The van der Waals surface area contributed by atoms with Gasteiger partial charge in [0.15, 0.2) is 0 Å². The van der Waals surface area contributed by atoms with Gasteiger partial charge in [-0.05, 0) is 24.6 Å². The molecule has 4 heteroatoms. The fraction of sp³-hybridized carbons (Fsp3) is 0.222. The number of nitrogens with zero attached hydrogens (tertiary/aromatic N) is 2. The summed E-state index contributed by atoms with van der Waals surface area (Å²) >= 11 is 0. The molecule has 0 fully saturated rings. The zero-order chi connectivity index (χ0) is 9.68. The van der Waals surface area contributed by atoms with E-state index in [0.717, 1.165) is 5.56 Å². The van der Waals surface area contributed by atoms with Gasteiger partial charge in [-0.1, -0.05) is 0 Å². The van der Waals surface area contributed by atoms with Crippen molar-refractivity contribution in [3.63, 3.8) is 0 Å². The van der Waals surface area contributed by atoms with Gasteiger partial charge in [0.05, 0.1) is 0 Å². The highest BCUT2D eigenvalue weighted by atomic mass is 16.1. The quantitative estimate of drug-likeness (QED) is 0.687. The van der Waals surface area contributed by atoms with Gasteiger partial charge in [0.2, 0.25) is 0 Å². The van der Waals surface area contributed by atoms with Gasteiger partial charge < -0.3 is 10.2 Å². The van der Waals surface area contributed by atoms with Crippen LogP contribution in [0.25, 0.3) is 4.85 Å². The van der Waals surface area contributed by atoms with Crippen LogP contribution in [-0.4, -0.2) is 17.4 Å². The van der Waals surface area contributed by atoms with Crippen LogP contribution in [0.2, 0.25) is 0 Å². The van der Waals surface area contributed by atoms with Crippen molar-refractivity contribution in [2.45, 2.75) is 6.92 Å². The number of hydrogen-bond donors (Lipinski definition) is 1. The van der Waals surface area contributed by atoms with E-state index < -0.39 is 0 Å². The normalized spacial score (nSPS) is 8.92. The van der Waals surface area contributed by atoms with E-state index in [1.165, 1.54) is 0 Å². The molecule has 0 aromatic carbocycles. The molecule has 0 bridgehead atoms. The Bertz CT molecular complexity index is 354. The molecule has 0 unspecified atom stereocenters. The molecule has 1 N–H and O–H groups in total. The van der Waals surface area contributed by atoms with Crippen molar-refractivity contribution in [2.75, 3.05) is 11.9 Å². The summed E-state index contributed by atoms with van der Waals surface area (Å²) in [5, 5.41) is 2.52. The lowest BCUT2D eigenvalue weighted by Gasteiger charge is -2.00. The van der Waals surface area contributed by atoms with Crippen LogP contribution < -0.4 is 5.32 Å². The van der Waals surface area contributed by atoms with Gasteiger partial charge in [0, 0.05) is 6.20 Å². The Hall–Kier alpha value is -1.89. The molecule has 0 atom stereocenters. The van der Waals surface area contributed by atoms with Crippen molar-refractivity contribution in [2.24, 2.45) is 0 Å². The van der Waals surface area contributed by atoms with Gasteiger partial charge in [-0.25, -0.2) is 11.6 Å². The minimum atomic E-state index is -0.326. The number of nitrogens with one attached hydrogen (secondary N) is 1. The summed E-state index contributed by atoms with van der Waals surface area (Å²) in [6.07, 6.45) is 1.61. The molecule has 1 aromatic rings. The summed E-state index contributed by atoms with van der Waals surface area (Å²) in [5.74, 6) is 0.168. The van der Waals surface area contributed by atoms with Crippen LogP contribution in [-0.2, 0) is 4.79 Å². The molecule has 0 aliphatic rings. The molecule has 0 radical (unpaired) electrons. The molecule has 1 aromatic heterocycles. The highest BCUT2D eigenvalue weighted by molar-refractivity contribution is 5.92. The maximum atomic E-state index is 11.0. The smallest absolute Gasteiger partial charge is 0.305 e. The average molecular weight is 175 g/mol. The Morgan fingerprint density at radius 1 is 1.77 bits per heavy atom. The molecule has 0 spiro atoms. The van der Waals surface area contributed by atoms with Gasteiger partial charge in [-0.2, -0.15) is 0 Å². The molecule has 66 valence electrons. The van der Waals surface area contributed by atoms with Gasteiger partial charge in [-0.15, -0.1) is 0 Å². The third kappa shape index (κ3) is 2.91. The third-order valence-corrected chi connectivity index (χ3v) is 1.41. The SMILES string of the molecule is [C-]#[N+]CC(=O)Nc1cc(C)ccn1. The van der Waals surface area contributed by atoms with E-state index in [4.69, 9.17) is 6.57 Å². The average Bonchev–Trinajstić information content (AvgIpc) is 2.04. The molecular weight excluding hydrogens is 166 g/mol. The number of carbonyl (C=O) groups is 1. The van der Waals surface area contributed by atoms with Crippen LogP contribution in [0.5, 0.6) is 0 Å². The van der Waals surface area contributed by atoms with Crippen molar-refractivity contribution in [3.05, 3.63) is 35.3 Å². The number of anilines is 1. The van der Waals surface area contributed by atoms with E-state index in [9.17, 15) is 4.79 Å². The van der Waals surface area contributed by atoms with E-state index in [0.29, 0.717) is 5.82 Å². The van der Waals surface area contributed by atoms with Gasteiger partial charge in [-0.3, -0.25) is 4.79 Å². The maximum Gasteiger partial charge on any atom is 0.305 e. The van der Waals surface area contributed by atoms with E-state index in [1.54, 1.807) is 12.3 Å². The van der Waals surface area contributed by atoms with Crippen molar-refractivity contribution in [3.8, 4) is 0 Å². The zero-order valence-electron chi connectivity index (χ0n) is 7.24. The Labute approximate surface area is 76.4 Å². The molecule has 1 amide bonds. The first-order valence-electron chi connectivity index (χ1n) is 3.78. The second-order valence-electron chi connectivity index (χ2n) is 2.58. The molecular formula is C9H9N3O. The second-order valence-corrected chi connectivity index (χ2v) is 2.58. The Balaban J connectivity index is 2.65. The number of aryl methyl sites for hydroxylation is 1. The molecule has 4 nitrogen and oxygen atoms in total. The predicted octanol–water partition coefficient (Wildman–Crippen LogP) is 1.25. The molecule has 0 saturated heterocycles. The minimum Gasteiger partial charge on any atom is -0.306 e. The van der Waals surface area contributed by atoms with Gasteiger partial charge in [0.25, 0.3) is 6.54 Å². The number of pyridine rings is 1. The Morgan fingerprint density at radius 2 is 2.54 bits per heavy atom. The van der Waals surface area contributed by atoms with Crippen molar-refractivity contribution < 1.29 is 4.79 Å². The maximum absolute atomic E-state index is 11.0. The van der Waals surface area contributed by atoms with Crippen LogP contribution in [0.3, 0.4) is 0 Å². The lowest BCUT2D eigenvalue weighted by molar-refractivity contribution is -0.114. The first-order chi connectivity index (χ1) is 6.22. The van der Waals surface area contributed by atoms with E-state index in [-0.39, 0.29) is 12.5 Å². The standard InChI is InChI=1S/C9H9N3O/c1-7-3-4-11-8(5-7)12-9(13)6-10-2/h3-5H,6H2,1H3,(H,11,12,13). The van der Waals surface area contributed by atoms with Crippen LogP contribution in [0.15, 0.2) is 18.3 Å². The van der Waals surface area contributed by atoms with Crippen molar-refractivity contribution in [1.82, 2.24) is 4.98 Å². The van der Waals surface area contributed by atoms with Crippen molar-refractivity contribution >= 4 is 11.7 Å².